The van der Waals surface area contributed by atoms with Crippen LogP contribution in [0.15, 0.2) is 18.3 Å². The highest BCUT2D eigenvalue weighted by Crippen LogP contribution is 2.01. The van der Waals surface area contributed by atoms with E-state index in [1.165, 1.54) is 6.92 Å². The molecule has 0 fully saturated rings. The molecule has 0 saturated carbocycles. The highest BCUT2D eigenvalue weighted by Gasteiger charge is 2.12. The van der Waals surface area contributed by atoms with Crippen molar-refractivity contribution in [3.63, 3.8) is 0 Å². The number of ketones is 1. The number of hydrogen-bond donors (Lipinski definition) is 1. The molecular formula is C9H11NO2. The van der Waals surface area contributed by atoms with E-state index in [9.17, 15) is 4.79 Å². The second kappa shape index (κ2) is 3.45. The highest BCUT2D eigenvalue weighted by molar-refractivity contribution is 5.97. The Morgan fingerprint density at radius 3 is 2.67 bits per heavy atom. The number of nitrogens with zero attached hydrogens (tertiary/aromatic N) is 1. The Morgan fingerprint density at radius 1 is 1.58 bits per heavy atom. The summed E-state index contributed by atoms with van der Waals surface area (Å²) in [5, 5.41) is 8.95. The smallest absolute Gasteiger partial charge is 0.209 e. The number of aliphatic hydroxyl groups is 1. The van der Waals surface area contributed by atoms with Crippen LogP contribution in [0.1, 0.15) is 23.0 Å². The average Bonchev–Trinajstić information content (AvgIpc) is 2.04. The predicted molar refractivity (Wildman–Crippen MR) is 45.0 cm³/mol. The molecule has 12 heavy (non-hydrogen) atoms. The molecule has 0 aliphatic heterocycles. The van der Waals surface area contributed by atoms with E-state index >= 15 is 0 Å². The third kappa shape index (κ3) is 1.89. The molecule has 3 heteroatoms. The maximum Gasteiger partial charge on any atom is 0.209 e. The topological polar surface area (TPSA) is 50.2 Å². The minimum atomic E-state index is -0.972. The molecule has 1 heterocycles. The number of carbonyl (C=O) groups excluding carboxylic acids is 1. The number of aliphatic hydroxyl groups excluding tert-OH is 1. The highest BCUT2D eigenvalue weighted by atomic mass is 16.3. The summed E-state index contributed by atoms with van der Waals surface area (Å²) in [5.41, 5.74) is 1.31. The molecule has 1 aromatic rings. The summed E-state index contributed by atoms with van der Waals surface area (Å²) < 4.78 is 0. The van der Waals surface area contributed by atoms with Crippen molar-refractivity contribution in [2.45, 2.75) is 20.0 Å². The average molecular weight is 165 g/mol. The van der Waals surface area contributed by atoms with Crippen LogP contribution in [-0.2, 0) is 0 Å². The van der Waals surface area contributed by atoms with Gasteiger partial charge in [0.15, 0.2) is 0 Å². The Hall–Kier alpha value is -1.22. The SMILES string of the molecule is Cc1ccc(C(=O)[C@@H](C)O)nc1. The van der Waals surface area contributed by atoms with Gasteiger partial charge >= 0.3 is 0 Å². The molecule has 0 saturated heterocycles. The van der Waals surface area contributed by atoms with E-state index < -0.39 is 6.10 Å². The van der Waals surface area contributed by atoms with Gasteiger partial charge in [0.1, 0.15) is 11.8 Å². The van der Waals surface area contributed by atoms with Crippen molar-refractivity contribution in [3.05, 3.63) is 29.6 Å². The van der Waals surface area contributed by atoms with Gasteiger partial charge in [-0.25, -0.2) is 0 Å². The fraction of sp³-hybridized carbons (Fsp3) is 0.333. The fourth-order valence-electron chi connectivity index (χ4n) is 0.828. The van der Waals surface area contributed by atoms with E-state index in [-0.39, 0.29) is 5.78 Å². The summed E-state index contributed by atoms with van der Waals surface area (Å²) in [6.45, 7) is 3.33. The van der Waals surface area contributed by atoms with Gasteiger partial charge in [0.05, 0.1) is 0 Å². The molecule has 0 bridgehead atoms. The fourth-order valence-corrected chi connectivity index (χ4v) is 0.828. The van der Waals surface area contributed by atoms with Gasteiger partial charge in [0, 0.05) is 6.20 Å². The summed E-state index contributed by atoms with van der Waals surface area (Å²) >= 11 is 0. The lowest BCUT2D eigenvalue weighted by Gasteiger charge is -2.01. The number of aromatic nitrogens is 1. The zero-order chi connectivity index (χ0) is 9.14. The molecule has 1 aromatic heterocycles. The van der Waals surface area contributed by atoms with Crippen LogP contribution in [0, 0.1) is 6.92 Å². The number of carbonyl (C=O) groups is 1. The van der Waals surface area contributed by atoms with Crippen molar-refractivity contribution < 1.29 is 9.90 Å². The molecule has 0 radical (unpaired) electrons. The summed E-state index contributed by atoms with van der Waals surface area (Å²) in [6, 6.07) is 3.41. The van der Waals surface area contributed by atoms with E-state index in [0.29, 0.717) is 5.69 Å². The molecule has 3 nitrogen and oxygen atoms in total. The Kier molecular flexibility index (Phi) is 2.55. The Morgan fingerprint density at radius 2 is 2.25 bits per heavy atom. The van der Waals surface area contributed by atoms with Crippen LogP contribution >= 0.6 is 0 Å². The lowest BCUT2D eigenvalue weighted by Crippen LogP contribution is -2.17. The first kappa shape index (κ1) is 8.87. The van der Waals surface area contributed by atoms with Crippen LogP contribution in [0.3, 0.4) is 0 Å². The first-order valence-electron chi connectivity index (χ1n) is 3.76. The van der Waals surface area contributed by atoms with Crippen LogP contribution in [-0.4, -0.2) is 22.0 Å². The summed E-state index contributed by atoms with van der Waals surface area (Å²) in [6.07, 6.45) is 0.635. The molecule has 64 valence electrons. The second-order valence-corrected chi connectivity index (χ2v) is 2.76. The molecular weight excluding hydrogens is 154 g/mol. The van der Waals surface area contributed by atoms with Crippen molar-refractivity contribution in [3.8, 4) is 0 Å². The maximum absolute atomic E-state index is 11.1. The van der Waals surface area contributed by atoms with Crippen molar-refractivity contribution >= 4 is 5.78 Å². The summed E-state index contributed by atoms with van der Waals surface area (Å²) in [4.78, 5) is 15.0. The van der Waals surface area contributed by atoms with Crippen LogP contribution < -0.4 is 0 Å². The minimum Gasteiger partial charge on any atom is -0.385 e. The molecule has 1 atom stereocenters. The molecule has 0 aliphatic carbocycles. The zero-order valence-electron chi connectivity index (χ0n) is 7.11. The Bertz CT molecular complexity index is 277. The zero-order valence-corrected chi connectivity index (χ0v) is 7.11. The van der Waals surface area contributed by atoms with E-state index in [4.69, 9.17) is 5.11 Å². The van der Waals surface area contributed by atoms with E-state index in [0.717, 1.165) is 5.56 Å². The van der Waals surface area contributed by atoms with Gasteiger partial charge < -0.3 is 5.11 Å². The standard InChI is InChI=1S/C9H11NO2/c1-6-3-4-8(10-5-6)9(12)7(2)11/h3-5,7,11H,1-2H3/t7-/m1/s1. The number of aryl methyl sites for hydroxylation is 1. The van der Waals surface area contributed by atoms with Gasteiger partial charge in [0.2, 0.25) is 5.78 Å². The normalized spacial score (nSPS) is 12.6. The van der Waals surface area contributed by atoms with Gasteiger partial charge in [-0.1, -0.05) is 6.07 Å². The van der Waals surface area contributed by atoms with Gasteiger partial charge in [-0.3, -0.25) is 9.78 Å². The summed E-state index contributed by atoms with van der Waals surface area (Å²) in [7, 11) is 0. The molecule has 0 aromatic carbocycles. The van der Waals surface area contributed by atoms with Crippen molar-refractivity contribution in [1.29, 1.82) is 0 Å². The van der Waals surface area contributed by atoms with Crippen LogP contribution in [0.5, 0.6) is 0 Å². The molecule has 0 amide bonds. The molecule has 0 unspecified atom stereocenters. The minimum absolute atomic E-state index is 0.315. The van der Waals surface area contributed by atoms with Gasteiger partial charge in [-0.15, -0.1) is 0 Å². The number of rotatable bonds is 2. The van der Waals surface area contributed by atoms with Crippen LogP contribution in [0.2, 0.25) is 0 Å². The molecule has 0 aliphatic rings. The quantitative estimate of drug-likeness (QED) is 0.664. The molecule has 1 rings (SSSR count). The third-order valence-corrected chi connectivity index (χ3v) is 1.54. The molecule has 1 N–H and O–H groups in total. The Labute approximate surface area is 71.1 Å². The second-order valence-electron chi connectivity index (χ2n) is 2.76. The Balaban J connectivity index is 2.90. The van der Waals surface area contributed by atoms with E-state index in [1.54, 1.807) is 18.3 Å². The lowest BCUT2D eigenvalue weighted by molar-refractivity contribution is 0.0774. The first-order chi connectivity index (χ1) is 5.61. The van der Waals surface area contributed by atoms with Gasteiger partial charge in [0.25, 0.3) is 0 Å². The maximum atomic E-state index is 11.1. The van der Waals surface area contributed by atoms with Gasteiger partial charge in [-0.05, 0) is 25.5 Å². The predicted octanol–water partition coefficient (Wildman–Crippen LogP) is 0.954. The number of hydrogen-bond acceptors (Lipinski definition) is 3. The third-order valence-electron chi connectivity index (χ3n) is 1.54. The molecule has 0 spiro atoms. The van der Waals surface area contributed by atoms with Crippen molar-refractivity contribution in [1.82, 2.24) is 4.98 Å². The summed E-state index contributed by atoms with van der Waals surface area (Å²) in [5.74, 6) is -0.338. The number of Topliss-reactive ketones (excluding diaryl/α,β-unsaturated/α-hetero) is 1. The largest absolute Gasteiger partial charge is 0.385 e. The monoisotopic (exact) mass is 165 g/mol. The van der Waals surface area contributed by atoms with Crippen LogP contribution in [0.4, 0.5) is 0 Å². The van der Waals surface area contributed by atoms with Crippen LogP contribution in [0.25, 0.3) is 0 Å². The van der Waals surface area contributed by atoms with Crippen molar-refractivity contribution in [2.24, 2.45) is 0 Å². The van der Waals surface area contributed by atoms with E-state index in [2.05, 4.69) is 4.98 Å². The van der Waals surface area contributed by atoms with Crippen molar-refractivity contribution in [2.75, 3.05) is 0 Å². The van der Waals surface area contributed by atoms with Gasteiger partial charge in [-0.2, -0.15) is 0 Å². The number of pyridine rings is 1. The first-order valence-corrected chi connectivity index (χ1v) is 3.76. The lowest BCUT2D eigenvalue weighted by atomic mass is 10.1. The van der Waals surface area contributed by atoms with E-state index in [1.807, 2.05) is 6.92 Å².